The first-order valence-corrected chi connectivity index (χ1v) is 9.07. The van der Waals surface area contributed by atoms with E-state index in [1.54, 1.807) is 17.6 Å². The molecule has 1 aromatic carbocycles. The van der Waals surface area contributed by atoms with Crippen molar-refractivity contribution >= 4 is 22.4 Å². The first-order chi connectivity index (χ1) is 12.5. The molecule has 0 aliphatic heterocycles. The zero-order valence-electron chi connectivity index (χ0n) is 14.5. The molecule has 0 fully saturated rings. The fraction of sp³-hybridized carbons (Fsp3) is 0.211. The minimum Gasteiger partial charge on any atom is -0.406 e. The summed E-state index contributed by atoms with van der Waals surface area (Å²) in [7, 11) is 0. The number of nitrogens with one attached hydrogen (secondary N) is 1. The van der Waals surface area contributed by atoms with E-state index in [0.29, 0.717) is 11.0 Å². The normalized spacial score (nSPS) is 10.7. The fourth-order valence-corrected chi connectivity index (χ4v) is 2.87. The number of thiazole rings is 1. The molecular weight excluding hydrogens is 350 g/mol. The average Bonchev–Trinajstić information content (AvgIpc) is 3.14. The summed E-state index contributed by atoms with van der Waals surface area (Å²) in [5.41, 5.74) is 1.67. The molecule has 0 aliphatic carbocycles. The van der Waals surface area contributed by atoms with Crippen molar-refractivity contribution in [2.45, 2.75) is 26.4 Å². The Labute approximate surface area is 155 Å². The van der Waals surface area contributed by atoms with Crippen LogP contribution in [-0.2, 0) is 6.61 Å². The van der Waals surface area contributed by atoms with Crippen LogP contribution in [0.3, 0.4) is 0 Å². The zero-order chi connectivity index (χ0) is 18.5. The van der Waals surface area contributed by atoms with E-state index < -0.39 is 11.5 Å². The predicted molar refractivity (Wildman–Crippen MR) is 102 cm³/mol. The molecule has 0 aliphatic rings. The maximum atomic E-state index is 12.5. The number of hydrogen-bond donors (Lipinski definition) is 1. The quantitative estimate of drug-likeness (QED) is 0.723. The summed E-state index contributed by atoms with van der Waals surface area (Å²) in [6.07, 6.45) is 3.07. The third-order valence-electron chi connectivity index (χ3n) is 3.83. The Morgan fingerprint density at radius 1 is 1.27 bits per heavy atom. The number of rotatable bonds is 6. The van der Waals surface area contributed by atoms with Gasteiger partial charge < -0.3 is 4.84 Å². The lowest BCUT2D eigenvalue weighted by Crippen LogP contribution is -2.32. The number of hydrogen-bond acceptors (Lipinski definition) is 5. The Balaban J connectivity index is 1.70. The van der Waals surface area contributed by atoms with E-state index in [0.717, 1.165) is 10.3 Å². The van der Waals surface area contributed by atoms with Gasteiger partial charge in [-0.2, -0.15) is 4.73 Å². The molecule has 26 heavy (non-hydrogen) atoms. The van der Waals surface area contributed by atoms with E-state index in [1.165, 1.54) is 29.2 Å². The number of benzene rings is 1. The summed E-state index contributed by atoms with van der Waals surface area (Å²) in [5, 5.41) is 4.78. The third kappa shape index (κ3) is 4.18. The van der Waals surface area contributed by atoms with E-state index in [1.807, 2.05) is 24.3 Å². The molecule has 0 bridgehead atoms. The van der Waals surface area contributed by atoms with Crippen LogP contribution in [0.1, 0.15) is 41.3 Å². The molecule has 3 aromatic rings. The second-order valence-corrected chi connectivity index (χ2v) is 6.91. The average molecular weight is 369 g/mol. The minimum absolute atomic E-state index is 0.00199. The maximum Gasteiger partial charge on any atom is 0.295 e. The minimum atomic E-state index is -0.514. The maximum absolute atomic E-state index is 12.5. The van der Waals surface area contributed by atoms with Crippen LogP contribution in [0.5, 0.6) is 0 Å². The largest absolute Gasteiger partial charge is 0.406 e. The summed E-state index contributed by atoms with van der Waals surface area (Å²) in [5.74, 6) is -0.0511. The highest BCUT2D eigenvalue weighted by Gasteiger charge is 2.14. The van der Waals surface area contributed by atoms with E-state index >= 15 is 0 Å². The lowest BCUT2D eigenvalue weighted by molar-refractivity contribution is 0.0863. The van der Waals surface area contributed by atoms with Crippen LogP contribution in [0, 0.1) is 0 Å². The van der Waals surface area contributed by atoms with Gasteiger partial charge in [-0.1, -0.05) is 38.1 Å². The summed E-state index contributed by atoms with van der Waals surface area (Å²) >= 11 is 1.28. The van der Waals surface area contributed by atoms with Crippen molar-refractivity contribution in [2.75, 3.05) is 5.32 Å². The topological polar surface area (TPSA) is 73.2 Å². The monoisotopic (exact) mass is 369 g/mol. The zero-order valence-corrected chi connectivity index (χ0v) is 15.3. The van der Waals surface area contributed by atoms with Crippen molar-refractivity contribution in [3.63, 3.8) is 0 Å². The Kier molecular flexibility index (Phi) is 5.48. The van der Waals surface area contributed by atoms with Gasteiger partial charge in [0.1, 0.15) is 12.2 Å². The fourth-order valence-electron chi connectivity index (χ4n) is 2.34. The standard InChI is InChI=1S/C19H19N3O3S/c1-13(2)15-7-5-14(6-8-15)12-25-22-10-3-4-16(18(22)24)17(23)21-19-20-9-11-26-19/h3-11,13H,12H2,1-2H3,(H,20,21,23). The Bertz CT molecular complexity index is 931. The van der Waals surface area contributed by atoms with Gasteiger partial charge in [0.05, 0.1) is 0 Å². The number of carbonyl (C=O) groups is 1. The van der Waals surface area contributed by atoms with Crippen molar-refractivity contribution in [3.8, 4) is 0 Å². The molecular formula is C19H19N3O3S. The van der Waals surface area contributed by atoms with Crippen LogP contribution < -0.4 is 15.7 Å². The summed E-state index contributed by atoms with van der Waals surface area (Å²) in [6, 6.07) is 11.1. The molecule has 3 rings (SSSR count). The van der Waals surface area contributed by atoms with Crippen LogP contribution in [0.2, 0.25) is 0 Å². The summed E-state index contributed by atoms with van der Waals surface area (Å²) in [6.45, 7) is 4.50. The molecule has 6 nitrogen and oxygen atoms in total. The number of pyridine rings is 1. The van der Waals surface area contributed by atoms with Gasteiger partial charge in [0, 0.05) is 17.8 Å². The SMILES string of the molecule is CC(C)c1ccc(COn2cccc(C(=O)Nc3nccs3)c2=O)cc1. The summed E-state index contributed by atoms with van der Waals surface area (Å²) < 4.78 is 1.08. The van der Waals surface area contributed by atoms with Crippen molar-refractivity contribution < 1.29 is 9.63 Å². The number of nitrogens with zero attached hydrogens (tertiary/aromatic N) is 2. The van der Waals surface area contributed by atoms with Crippen molar-refractivity contribution in [1.82, 2.24) is 9.71 Å². The van der Waals surface area contributed by atoms with Crippen molar-refractivity contribution in [2.24, 2.45) is 0 Å². The number of anilines is 1. The van der Waals surface area contributed by atoms with Crippen LogP contribution in [0.15, 0.2) is 59.0 Å². The van der Waals surface area contributed by atoms with Gasteiger partial charge in [0.25, 0.3) is 11.5 Å². The molecule has 2 aromatic heterocycles. The predicted octanol–water partition coefficient (Wildman–Crippen LogP) is 3.31. The van der Waals surface area contributed by atoms with Crippen LogP contribution in [-0.4, -0.2) is 15.6 Å². The van der Waals surface area contributed by atoms with Gasteiger partial charge in [-0.15, -0.1) is 11.3 Å². The molecule has 0 saturated heterocycles. The molecule has 1 N–H and O–H groups in total. The second kappa shape index (κ2) is 7.97. The van der Waals surface area contributed by atoms with Gasteiger partial charge in [0.15, 0.2) is 5.13 Å². The van der Waals surface area contributed by atoms with Gasteiger partial charge >= 0.3 is 0 Å². The lowest BCUT2D eigenvalue weighted by Gasteiger charge is -2.11. The van der Waals surface area contributed by atoms with Crippen molar-refractivity contribution in [3.05, 3.63) is 81.2 Å². The lowest BCUT2D eigenvalue weighted by atomic mass is 10.0. The van der Waals surface area contributed by atoms with E-state index in [-0.39, 0.29) is 12.2 Å². The third-order valence-corrected chi connectivity index (χ3v) is 4.52. The van der Waals surface area contributed by atoms with Crippen molar-refractivity contribution in [1.29, 1.82) is 0 Å². The molecule has 0 spiro atoms. The van der Waals surface area contributed by atoms with Crippen LogP contribution in [0.4, 0.5) is 5.13 Å². The molecule has 7 heteroatoms. The number of carbonyl (C=O) groups excluding carboxylic acids is 1. The smallest absolute Gasteiger partial charge is 0.295 e. The first-order valence-electron chi connectivity index (χ1n) is 8.19. The molecule has 0 unspecified atom stereocenters. The molecule has 0 atom stereocenters. The molecule has 2 heterocycles. The highest BCUT2D eigenvalue weighted by Crippen LogP contribution is 2.15. The summed E-state index contributed by atoms with van der Waals surface area (Å²) in [4.78, 5) is 34.2. The van der Waals surface area contributed by atoms with Gasteiger partial charge in [-0.25, -0.2) is 4.98 Å². The van der Waals surface area contributed by atoms with E-state index in [9.17, 15) is 9.59 Å². The first kappa shape index (κ1) is 17.9. The molecule has 1 amide bonds. The molecule has 134 valence electrons. The molecule has 0 radical (unpaired) electrons. The van der Waals surface area contributed by atoms with Crippen LogP contribution in [0.25, 0.3) is 0 Å². The van der Waals surface area contributed by atoms with E-state index in [4.69, 9.17) is 4.84 Å². The van der Waals surface area contributed by atoms with Gasteiger partial charge in [-0.05, 0) is 29.2 Å². The second-order valence-electron chi connectivity index (χ2n) is 6.01. The number of aromatic nitrogens is 2. The van der Waals surface area contributed by atoms with Gasteiger partial charge in [0.2, 0.25) is 0 Å². The molecule has 0 saturated carbocycles. The Morgan fingerprint density at radius 3 is 2.69 bits per heavy atom. The number of amides is 1. The van der Waals surface area contributed by atoms with E-state index in [2.05, 4.69) is 24.1 Å². The van der Waals surface area contributed by atoms with Crippen LogP contribution >= 0.6 is 11.3 Å². The highest BCUT2D eigenvalue weighted by molar-refractivity contribution is 7.13. The Morgan fingerprint density at radius 2 is 2.04 bits per heavy atom. The highest BCUT2D eigenvalue weighted by atomic mass is 32.1. The Hall–Kier alpha value is -2.93. The van der Waals surface area contributed by atoms with Gasteiger partial charge in [-0.3, -0.25) is 14.9 Å².